The highest BCUT2D eigenvalue weighted by Crippen LogP contribution is 2.36. The molecular weight excluding hydrogens is 435 g/mol. The minimum Gasteiger partial charge on any atom is -0.396 e. The molecule has 3 aromatic rings. The fourth-order valence-corrected chi connectivity index (χ4v) is 4.25. The summed E-state index contributed by atoms with van der Waals surface area (Å²) in [5.74, 6) is 0.168. The van der Waals surface area contributed by atoms with E-state index in [4.69, 9.17) is 16.2 Å². The number of nitrogen functional groups attached to an aromatic ring is 1. The zero-order valence-corrected chi connectivity index (χ0v) is 19.6. The van der Waals surface area contributed by atoms with Crippen molar-refractivity contribution in [2.75, 3.05) is 37.4 Å². The average molecular weight is 467 g/mol. The number of halogens is 1. The molecule has 0 spiro atoms. The van der Waals surface area contributed by atoms with Gasteiger partial charge in [0.1, 0.15) is 5.82 Å². The molecule has 8 nitrogen and oxygen atoms in total. The maximum absolute atomic E-state index is 15.3. The molecule has 4 rings (SSSR count). The minimum absolute atomic E-state index is 0.0153. The number of amides is 2. The first-order valence-corrected chi connectivity index (χ1v) is 11.5. The summed E-state index contributed by atoms with van der Waals surface area (Å²) in [5, 5.41) is 6.74. The van der Waals surface area contributed by atoms with E-state index in [1.54, 1.807) is 18.3 Å². The van der Waals surface area contributed by atoms with Crippen LogP contribution in [0.15, 0.2) is 24.5 Å². The minimum atomic E-state index is -0.509. The molecule has 2 amide bonds. The number of aryl methyl sites for hydroxylation is 1. The number of nitrogens with two attached hydrogens (primary N) is 2. The van der Waals surface area contributed by atoms with Gasteiger partial charge in [0, 0.05) is 53.7 Å². The lowest BCUT2D eigenvalue weighted by molar-refractivity contribution is 0.185. The molecule has 34 heavy (non-hydrogen) atoms. The molecule has 0 radical (unpaired) electrons. The van der Waals surface area contributed by atoms with Gasteiger partial charge in [-0.25, -0.2) is 14.2 Å². The first-order valence-electron chi connectivity index (χ1n) is 11.5. The lowest BCUT2D eigenvalue weighted by Crippen LogP contribution is -2.33. The lowest BCUT2D eigenvalue weighted by Gasteiger charge is -2.16. The number of ether oxygens (including phenoxy) is 1. The highest BCUT2D eigenvalue weighted by Gasteiger charge is 2.19. The Morgan fingerprint density at radius 3 is 2.76 bits per heavy atom. The average Bonchev–Trinajstić information content (AvgIpc) is 3.35. The largest absolute Gasteiger partial charge is 0.396 e. The molecular formula is C25H31FN6O2. The van der Waals surface area contributed by atoms with Gasteiger partial charge in [-0.1, -0.05) is 0 Å². The summed E-state index contributed by atoms with van der Waals surface area (Å²) in [6.45, 7) is 6.46. The van der Waals surface area contributed by atoms with Crippen molar-refractivity contribution in [1.82, 2.24) is 15.3 Å². The zero-order valence-electron chi connectivity index (χ0n) is 19.6. The number of aromatic nitrogens is 2. The van der Waals surface area contributed by atoms with E-state index < -0.39 is 5.82 Å². The first-order chi connectivity index (χ1) is 16.4. The van der Waals surface area contributed by atoms with Gasteiger partial charge >= 0.3 is 6.03 Å². The van der Waals surface area contributed by atoms with E-state index in [9.17, 15) is 4.79 Å². The number of hydrogen-bond donors (Lipinski definition) is 4. The number of hydrogen-bond acceptors (Lipinski definition) is 6. The highest BCUT2D eigenvalue weighted by molar-refractivity contribution is 5.99. The molecule has 9 heteroatoms. The van der Waals surface area contributed by atoms with Crippen LogP contribution in [-0.2, 0) is 11.2 Å². The number of urea groups is 1. The van der Waals surface area contributed by atoms with E-state index in [-0.39, 0.29) is 11.7 Å². The van der Waals surface area contributed by atoms with Crippen LogP contribution in [-0.4, -0.2) is 42.3 Å². The number of nitrogens with zero attached hydrogens (tertiary/aromatic N) is 2. The molecule has 1 saturated heterocycles. The number of rotatable bonds is 7. The summed E-state index contributed by atoms with van der Waals surface area (Å²) in [7, 11) is 0. The van der Waals surface area contributed by atoms with Gasteiger partial charge in [-0.05, 0) is 68.3 Å². The van der Waals surface area contributed by atoms with E-state index in [0.717, 1.165) is 42.7 Å². The molecule has 1 aromatic carbocycles. The molecule has 0 saturated carbocycles. The van der Waals surface area contributed by atoms with Crippen molar-refractivity contribution in [3.05, 3.63) is 47.2 Å². The van der Waals surface area contributed by atoms with Gasteiger partial charge < -0.3 is 21.5 Å². The summed E-state index contributed by atoms with van der Waals surface area (Å²) in [6, 6.07) is 3.07. The Bertz CT molecular complexity index is 1210. The van der Waals surface area contributed by atoms with Gasteiger partial charge in [0.15, 0.2) is 5.82 Å². The number of carbonyl (C=O) groups is 1. The monoisotopic (exact) mass is 466 g/mol. The second-order valence-electron chi connectivity index (χ2n) is 8.77. The predicted molar refractivity (Wildman–Crippen MR) is 132 cm³/mol. The second kappa shape index (κ2) is 10.3. The van der Waals surface area contributed by atoms with Crippen molar-refractivity contribution < 1.29 is 13.9 Å². The lowest BCUT2D eigenvalue weighted by atomic mass is 9.94. The molecule has 1 aliphatic heterocycles. The molecule has 0 unspecified atom stereocenters. The van der Waals surface area contributed by atoms with Crippen molar-refractivity contribution in [3.63, 3.8) is 0 Å². The summed E-state index contributed by atoms with van der Waals surface area (Å²) in [6.07, 6.45) is 5.73. The Hall–Kier alpha value is -3.30. The predicted octanol–water partition coefficient (Wildman–Crippen LogP) is 3.68. The van der Waals surface area contributed by atoms with Crippen molar-refractivity contribution >= 4 is 28.3 Å². The number of nitrogens with one attached hydrogen (secondary N) is 2. The molecule has 1 aliphatic rings. The number of benzene rings is 1. The summed E-state index contributed by atoms with van der Waals surface area (Å²) < 4.78 is 20.6. The van der Waals surface area contributed by atoms with Gasteiger partial charge in [-0.15, -0.1) is 0 Å². The number of pyridine rings is 2. The van der Waals surface area contributed by atoms with Crippen molar-refractivity contribution in [1.29, 1.82) is 0 Å². The molecule has 2 aromatic heterocycles. The van der Waals surface area contributed by atoms with Gasteiger partial charge in [0.25, 0.3) is 0 Å². The van der Waals surface area contributed by atoms with Crippen molar-refractivity contribution in [3.8, 4) is 11.1 Å². The molecule has 1 fully saturated rings. The molecule has 6 N–H and O–H groups in total. The Kier molecular flexibility index (Phi) is 7.23. The van der Waals surface area contributed by atoms with E-state index in [1.807, 2.05) is 13.8 Å². The molecule has 0 aliphatic carbocycles. The molecule has 3 heterocycles. The van der Waals surface area contributed by atoms with Crippen LogP contribution in [0.3, 0.4) is 0 Å². The van der Waals surface area contributed by atoms with E-state index in [1.165, 1.54) is 6.20 Å². The quantitative estimate of drug-likeness (QED) is 0.393. The number of carbonyl (C=O) groups excluding carboxylic acids is 1. The zero-order chi connectivity index (χ0) is 24.2. The molecule has 1 atom stereocenters. The highest BCUT2D eigenvalue weighted by atomic mass is 19.1. The standard InChI is InChI=1S/C25H31FN6O2/c1-14-15(2)21(4-3-6-27)29-11-19(14)18-8-17-9-22(30-12-20(17)24(28)23(18)26)32-25(33)31-10-16-5-7-34-13-16/h8-9,11-12,16H,3-7,10,13,27-28H2,1-2H3,(H2,30,31,32,33)/t16-/m0/s1. The van der Waals surface area contributed by atoms with Crippen LogP contribution in [0, 0.1) is 25.6 Å². The van der Waals surface area contributed by atoms with Crippen LogP contribution in [0.4, 0.5) is 20.7 Å². The summed E-state index contributed by atoms with van der Waals surface area (Å²) in [5.41, 5.74) is 15.8. The topological polar surface area (TPSA) is 128 Å². The fourth-order valence-electron chi connectivity index (χ4n) is 4.25. The van der Waals surface area contributed by atoms with E-state index in [0.29, 0.717) is 53.3 Å². The maximum atomic E-state index is 15.3. The van der Waals surface area contributed by atoms with Crippen molar-refractivity contribution in [2.45, 2.75) is 33.1 Å². The first kappa shape index (κ1) is 23.8. The van der Waals surface area contributed by atoms with Crippen LogP contribution >= 0.6 is 0 Å². The van der Waals surface area contributed by atoms with Gasteiger partial charge in [0.05, 0.1) is 12.3 Å². The third-order valence-electron chi connectivity index (χ3n) is 6.47. The summed E-state index contributed by atoms with van der Waals surface area (Å²) >= 11 is 0. The van der Waals surface area contributed by atoms with Crippen LogP contribution in [0.5, 0.6) is 0 Å². The van der Waals surface area contributed by atoms with Gasteiger partial charge in [-0.2, -0.15) is 0 Å². The SMILES string of the molecule is Cc1c(-c2cc3cc(NC(=O)NC[C@@H]4CCOC4)ncc3c(N)c2F)cnc(CCCN)c1C. The van der Waals surface area contributed by atoms with Crippen LogP contribution in [0.2, 0.25) is 0 Å². The van der Waals surface area contributed by atoms with Crippen LogP contribution < -0.4 is 22.1 Å². The van der Waals surface area contributed by atoms with Gasteiger partial charge in [0.2, 0.25) is 0 Å². The smallest absolute Gasteiger partial charge is 0.320 e. The Morgan fingerprint density at radius 1 is 1.21 bits per heavy atom. The fraction of sp³-hybridized carbons (Fsp3) is 0.400. The Morgan fingerprint density at radius 2 is 2.03 bits per heavy atom. The number of fused-ring (bicyclic) bond motifs is 1. The van der Waals surface area contributed by atoms with Crippen molar-refractivity contribution in [2.24, 2.45) is 11.7 Å². The van der Waals surface area contributed by atoms with E-state index in [2.05, 4.69) is 20.6 Å². The normalized spacial score (nSPS) is 15.6. The molecule has 180 valence electrons. The Balaban J connectivity index is 1.62. The molecule has 0 bridgehead atoms. The van der Waals surface area contributed by atoms with Crippen LogP contribution in [0.25, 0.3) is 21.9 Å². The van der Waals surface area contributed by atoms with Gasteiger partial charge in [-0.3, -0.25) is 10.3 Å². The maximum Gasteiger partial charge on any atom is 0.320 e. The number of anilines is 2. The Labute approximate surface area is 198 Å². The summed E-state index contributed by atoms with van der Waals surface area (Å²) in [4.78, 5) is 21.1. The van der Waals surface area contributed by atoms with Crippen LogP contribution in [0.1, 0.15) is 29.7 Å². The second-order valence-corrected chi connectivity index (χ2v) is 8.77. The van der Waals surface area contributed by atoms with E-state index >= 15 is 4.39 Å². The third-order valence-corrected chi connectivity index (χ3v) is 6.47. The third kappa shape index (κ3) is 4.95.